The number of alkyl halides is 3. The lowest BCUT2D eigenvalue weighted by Crippen LogP contribution is -2.23. The molecular weight excluding hydrogens is 285 g/mol. The molecule has 0 aliphatic heterocycles. The van der Waals surface area contributed by atoms with Crippen LogP contribution in [0.1, 0.15) is 19.3 Å². The molecule has 1 aliphatic carbocycles. The fourth-order valence-corrected chi connectivity index (χ4v) is 2.33. The summed E-state index contributed by atoms with van der Waals surface area (Å²) in [5.74, 6) is -0.232. The van der Waals surface area contributed by atoms with Crippen molar-refractivity contribution < 1.29 is 22.7 Å². The van der Waals surface area contributed by atoms with Crippen LogP contribution in [0.5, 0.6) is 5.75 Å². The van der Waals surface area contributed by atoms with Gasteiger partial charge in [0.25, 0.3) is 0 Å². The topological polar surface area (TPSA) is 64.4 Å². The van der Waals surface area contributed by atoms with Crippen LogP contribution in [-0.2, 0) is 4.79 Å². The van der Waals surface area contributed by atoms with Crippen molar-refractivity contribution >= 4 is 11.6 Å². The molecule has 0 heterocycles. The van der Waals surface area contributed by atoms with Gasteiger partial charge in [0.05, 0.1) is 0 Å². The number of amides is 1. The van der Waals surface area contributed by atoms with Gasteiger partial charge in [0.2, 0.25) is 5.91 Å². The Balaban J connectivity index is 1.93. The van der Waals surface area contributed by atoms with Gasteiger partial charge in [-0.2, -0.15) is 13.2 Å². The van der Waals surface area contributed by atoms with Crippen LogP contribution in [0.25, 0.3) is 0 Å². The Morgan fingerprint density at radius 2 is 2.14 bits per heavy atom. The van der Waals surface area contributed by atoms with Crippen LogP contribution in [0.15, 0.2) is 24.3 Å². The van der Waals surface area contributed by atoms with E-state index in [1.807, 2.05) is 0 Å². The molecule has 116 valence electrons. The van der Waals surface area contributed by atoms with E-state index in [1.165, 1.54) is 18.2 Å². The number of ether oxygens (including phenoxy) is 1. The molecule has 3 N–H and O–H groups in total. The average Bonchev–Trinajstić information content (AvgIpc) is 2.83. The Hall–Kier alpha value is -1.76. The molecular formula is C14H17F3N2O2. The first-order valence-corrected chi connectivity index (χ1v) is 6.69. The quantitative estimate of drug-likeness (QED) is 0.899. The highest BCUT2D eigenvalue weighted by Gasteiger charge is 2.29. The average molecular weight is 302 g/mol. The molecule has 4 nitrogen and oxygen atoms in total. The molecule has 1 aliphatic rings. The summed E-state index contributed by atoms with van der Waals surface area (Å²) in [7, 11) is 0. The molecule has 0 bridgehead atoms. The van der Waals surface area contributed by atoms with Crippen LogP contribution in [0, 0.1) is 5.92 Å². The second-order valence-corrected chi connectivity index (χ2v) is 5.19. The highest BCUT2D eigenvalue weighted by Crippen LogP contribution is 2.26. The Kier molecular flexibility index (Phi) is 4.72. The van der Waals surface area contributed by atoms with Crippen molar-refractivity contribution in [2.45, 2.75) is 31.5 Å². The number of anilines is 1. The summed E-state index contributed by atoms with van der Waals surface area (Å²) in [6.45, 7) is -1.36. The lowest BCUT2D eigenvalue weighted by Gasteiger charge is -2.13. The van der Waals surface area contributed by atoms with Crippen LogP contribution >= 0.6 is 0 Å². The maximum atomic E-state index is 12.1. The van der Waals surface area contributed by atoms with Gasteiger partial charge in [-0.3, -0.25) is 4.79 Å². The molecule has 2 unspecified atom stereocenters. The van der Waals surface area contributed by atoms with Crippen molar-refractivity contribution in [2.75, 3.05) is 11.9 Å². The number of nitrogens with two attached hydrogens (primary N) is 1. The molecule has 0 saturated heterocycles. The predicted molar refractivity (Wildman–Crippen MR) is 71.9 cm³/mol. The summed E-state index contributed by atoms with van der Waals surface area (Å²) in [6, 6.07) is 5.96. The summed E-state index contributed by atoms with van der Waals surface area (Å²) in [5, 5.41) is 2.69. The third-order valence-electron chi connectivity index (χ3n) is 3.35. The van der Waals surface area contributed by atoms with Crippen LogP contribution in [0.4, 0.5) is 18.9 Å². The van der Waals surface area contributed by atoms with Gasteiger partial charge in [0.15, 0.2) is 6.61 Å². The standard InChI is InChI=1S/C14H17F3N2O2/c15-14(16,17)8-21-12-3-1-2-11(7-12)19-13(20)9-4-5-10(18)6-9/h1-3,7,9-10H,4-6,8,18H2,(H,19,20). The highest BCUT2D eigenvalue weighted by molar-refractivity contribution is 5.92. The first-order valence-electron chi connectivity index (χ1n) is 6.69. The Bertz CT molecular complexity index is 505. The fraction of sp³-hybridized carbons (Fsp3) is 0.500. The van der Waals surface area contributed by atoms with E-state index < -0.39 is 12.8 Å². The number of halogens is 3. The number of hydrogen-bond acceptors (Lipinski definition) is 3. The number of hydrogen-bond donors (Lipinski definition) is 2. The Morgan fingerprint density at radius 3 is 2.76 bits per heavy atom. The van der Waals surface area contributed by atoms with Crippen LogP contribution in [0.2, 0.25) is 0 Å². The van der Waals surface area contributed by atoms with Gasteiger partial charge in [-0.25, -0.2) is 0 Å². The van der Waals surface area contributed by atoms with E-state index in [-0.39, 0.29) is 23.6 Å². The molecule has 1 fully saturated rings. The molecule has 1 aromatic rings. The zero-order valence-corrected chi connectivity index (χ0v) is 11.3. The lowest BCUT2D eigenvalue weighted by atomic mass is 10.1. The van der Waals surface area contributed by atoms with Crippen LogP contribution in [0.3, 0.4) is 0 Å². The van der Waals surface area contributed by atoms with E-state index >= 15 is 0 Å². The van der Waals surface area contributed by atoms with Crippen molar-refractivity contribution in [3.8, 4) is 5.75 Å². The van der Waals surface area contributed by atoms with E-state index in [2.05, 4.69) is 10.1 Å². The molecule has 0 radical (unpaired) electrons. The number of carbonyl (C=O) groups excluding carboxylic acids is 1. The molecule has 1 aromatic carbocycles. The van der Waals surface area contributed by atoms with Crippen molar-refractivity contribution in [3.05, 3.63) is 24.3 Å². The van der Waals surface area contributed by atoms with Gasteiger partial charge < -0.3 is 15.8 Å². The monoisotopic (exact) mass is 302 g/mol. The number of rotatable bonds is 4. The second-order valence-electron chi connectivity index (χ2n) is 5.19. The zero-order valence-electron chi connectivity index (χ0n) is 11.3. The minimum atomic E-state index is -4.39. The summed E-state index contributed by atoms with van der Waals surface area (Å²) >= 11 is 0. The van der Waals surface area contributed by atoms with Gasteiger partial charge in [-0.15, -0.1) is 0 Å². The van der Waals surface area contributed by atoms with E-state index in [9.17, 15) is 18.0 Å². The molecule has 1 saturated carbocycles. The SMILES string of the molecule is NC1CCC(C(=O)Nc2cccc(OCC(F)(F)F)c2)C1. The first kappa shape index (κ1) is 15.6. The molecule has 1 amide bonds. The maximum Gasteiger partial charge on any atom is 0.422 e. The smallest absolute Gasteiger partial charge is 0.422 e. The van der Waals surface area contributed by atoms with Gasteiger partial charge in [0.1, 0.15) is 5.75 Å². The molecule has 0 aromatic heterocycles. The zero-order chi connectivity index (χ0) is 15.5. The summed E-state index contributed by atoms with van der Waals surface area (Å²) in [4.78, 5) is 12.0. The molecule has 21 heavy (non-hydrogen) atoms. The first-order chi connectivity index (χ1) is 9.83. The van der Waals surface area contributed by atoms with Gasteiger partial charge in [-0.05, 0) is 31.4 Å². The third-order valence-corrected chi connectivity index (χ3v) is 3.35. The summed E-state index contributed by atoms with van der Waals surface area (Å²) in [6.07, 6.45) is -2.21. The van der Waals surface area contributed by atoms with Crippen molar-refractivity contribution in [2.24, 2.45) is 11.7 Å². The maximum absolute atomic E-state index is 12.1. The largest absolute Gasteiger partial charge is 0.484 e. The Labute approximate surface area is 120 Å². The summed E-state index contributed by atoms with van der Waals surface area (Å²) < 4.78 is 40.9. The predicted octanol–water partition coefficient (Wildman–Crippen LogP) is 2.69. The van der Waals surface area contributed by atoms with Gasteiger partial charge in [-0.1, -0.05) is 6.07 Å². The normalized spacial score (nSPS) is 22.1. The van der Waals surface area contributed by atoms with E-state index in [0.29, 0.717) is 12.1 Å². The number of carbonyl (C=O) groups is 1. The van der Waals surface area contributed by atoms with Gasteiger partial charge >= 0.3 is 6.18 Å². The third kappa shape index (κ3) is 4.93. The number of nitrogens with one attached hydrogen (secondary N) is 1. The van der Waals surface area contributed by atoms with E-state index in [4.69, 9.17) is 5.73 Å². The van der Waals surface area contributed by atoms with E-state index in [1.54, 1.807) is 6.07 Å². The van der Waals surface area contributed by atoms with Gasteiger partial charge in [0, 0.05) is 23.7 Å². The fourth-order valence-electron chi connectivity index (χ4n) is 2.33. The van der Waals surface area contributed by atoms with Crippen LogP contribution < -0.4 is 15.8 Å². The number of benzene rings is 1. The second kappa shape index (κ2) is 6.34. The van der Waals surface area contributed by atoms with Crippen molar-refractivity contribution in [1.29, 1.82) is 0 Å². The highest BCUT2D eigenvalue weighted by atomic mass is 19.4. The van der Waals surface area contributed by atoms with Crippen LogP contribution in [-0.4, -0.2) is 24.7 Å². The molecule has 2 rings (SSSR count). The minimum absolute atomic E-state index is 0.0437. The van der Waals surface area contributed by atoms with Crippen molar-refractivity contribution in [1.82, 2.24) is 0 Å². The Morgan fingerprint density at radius 1 is 1.38 bits per heavy atom. The lowest BCUT2D eigenvalue weighted by molar-refractivity contribution is -0.153. The van der Waals surface area contributed by atoms with E-state index in [0.717, 1.165) is 12.8 Å². The minimum Gasteiger partial charge on any atom is -0.484 e. The molecule has 7 heteroatoms. The molecule has 0 spiro atoms. The van der Waals surface area contributed by atoms with Crippen molar-refractivity contribution in [3.63, 3.8) is 0 Å². The summed E-state index contributed by atoms with van der Waals surface area (Å²) in [5.41, 5.74) is 6.17. The molecule has 2 atom stereocenters.